The number of aliphatic hydroxyl groups is 1. The predicted octanol–water partition coefficient (Wildman–Crippen LogP) is 4.87. The smallest absolute Gasteiger partial charge is 0.0792 e. The molecule has 3 rings (SSSR count). The van der Waals surface area contributed by atoms with Crippen molar-refractivity contribution in [2.75, 3.05) is 0 Å². The van der Waals surface area contributed by atoms with Gasteiger partial charge in [-0.05, 0) is 52.7 Å². The van der Waals surface area contributed by atoms with Gasteiger partial charge in [-0.1, -0.05) is 58.7 Å². The third-order valence-electron chi connectivity index (χ3n) is 5.52. The zero-order valence-corrected chi connectivity index (χ0v) is 13.4. The van der Waals surface area contributed by atoms with E-state index in [0.29, 0.717) is 0 Å². The molecular formula is C19H28O. The molecule has 1 aromatic carbocycles. The van der Waals surface area contributed by atoms with Gasteiger partial charge in [0, 0.05) is 0 Å². The number of hydrogen-bond acceptors (Lipinski definition) is 1. The predicted molar refractivity (Wildman–Crippen MR) is 84.0 cm³/mol. The van der Waals surface area contributed by atoms with Crippen LogP contribution in [0.3, 0.4) is 0 Å². The SMILES string of the molecule is CC1(C)CCC(C)(C)c2cc(C(O)CC3CC3)ccc21. The van der Waals surface area contributed by atoms with Crippen molar-refractivity contribution in [2.45, 2.75) is 76.7 Å². The van der Waals surface area contributed by atoms with Gasteiger partial charge < -0.3 is 5.11 Å². The van der Waals surface area contributed by atoms with E-state index in [1.165, 1.54) is 36.8 Å². The Morgan fingerprint density at radius 3 is 2.25 bits per heavy atom. The van der Waals surface area contributed by atoms with Crippen molar-refractivity contribution >= 4 is 0 Å². The van der Waals surface area contributed by atoms with Crippen LogP contribution in [0.15, 0.2) is 18.2 Å². The lowest BCUT2D eigenvalue weighted by molar-refractivity contribution is 0.160. The zero-order valence-electron chi connectivity index (χ0n) is 13.4. The maximum Gasteiger partial charge on any atom is 0.0792 e. The van der Waals surface area contributed by atoms with Crippen LogP contribution in [0.25, 0.3) is 0 Å². The van der Waals surface area contributed by atoms with Gasteiger partial charge in [0.2, 0.25) is 0 Å². The van der Waals surface area contributed by atoms with Crippen molar-refractivity contribution in [1.82, 2.24) is 0 Å². The number of aliphatic hydroxyl groups excluding tert-OH is 1. The summed E-state index contributed by atoms with van der Waals surface area (Å²) in [4.78, 5) is 0. The zero-order chi connectivity index (χ0) is 14.5. The molecule has 1 unspecified atom stereocenters. The van der Waals surface area contributed by atoms with Crippen LogP contribution in [0.1, 0.15) is 82.6 Å². The van der Waals surface area contributed by atoms with Gasteiger partial charge in [0.05, 0.1) is 6.10 Å². The Labute approximate surface area is 123 Å². The summed E-state index contributed by atoms with van der Waals surface area (Å²) in [7, 11) is 0. The van der Waals surface area contributed by atoms with Gasteiger partial charge in [-0.3, -0.25) is 0 Å². The van der Waals surface area contributed by atoms with Crippen LogP contribution >= 0.6 is 0 Å². The summed E-state index contributed by atoms with van der Waals surface area (Å²) in [5.41, 5.74) is 4.57. The fourth-order valence-electron chi connectivity index (χ4n) is 3.62. The van der Waals surface area contributed by atoms with Crippen molar-refractivity contribution in [3.05, 3.63) is 34.9 Å². The van der Waals surface area contributed by atoms with E-state index in [0.717, 1.165) is 17.9 Å². The summed E-state index contributed by atoms with van der Waals surface area (Å²) in [6.45, 7) is 9.39. The van der Waals surface area contributed by atoms with Crippen LogP contribution in [-0.2, 0) is 10.8 Å². The molecule has 0 amide bonds. The number of rotatable bonds is 3. The average Bonchev–Trinajstić information content (AvgIpc) is 3.19. The lowest BCUT2D eigenvalue weighted by atomic mass is 9.63. The number of hydrogen-bond donors (Lipinski definition) is 1. The van der Waals surface area contributed by atoms with Crippen LogP contribution in [0.5, 0.6) is 0 Å². The van der Waals surface area contributed by atoms with Crippen LogP contribution in [0.4, 0.5) is 0 Å². The Kier molecular flexibility index (Phi) is 3.25. The molecular weight excluding hydrogens is 244 g/mol. The average molecular weight is 272 g/mol. The Balaban J connectivity index is 1.97. The normalized spacial score (nSPS) is 25.1. The molecule has 110 valence electrons. The summed E-state index contributed by atoms with van der Waals surface area (Å²) in [5.74, 6) is 0.769. The Morgan fingerprint density at radius 2 is 1.65 bits per heavy atom. The highest BCUT2D eigenvalue weighted by atomic mass is 16.3. The van der Waals surface area contributed by atoms with E-state index in [4.69, 9.17) is 0 Å². The molecule has 1 atom stereocenters. The lowest BCUT2D eigenvalue weighted by Crippen LogP contribution is -2.34. The summed E-state index contributed by atoms with van der Waals surface area (Å²) in [5, 5.41) is 10.4. The van der Waals surface area contributed by atoms with E-state index in [9.17, 15) is 5.11 Å². The molecule has 2 aliphatic rings. The van der Waals surface area contributed by atoms with Crippen LogP contribution in [-0.4, -0.2) is 5.11 Å². The van der Waals surface area contributed by atoms with Crippen molar-refractivity contribution in [3.63, 3.8) is 0 Å². The van der Waals surface area contributed by atoms with Gasteiger partial charge in [0.25, 0.3) is 0 Å². The Bertz CT molecular complexity index is 508. The summed E-state index contributed by atoms with van der Waals surface area (Å²) in [6, 6.07) is 6.74. The molecule has 1 heteroatoms. The maximum absolute atomic E-state index is 10.4. The monoisotopic (exact) mass is 272 g/mol. The molecule has 0 aromatic heterocycles. The highest BCUT2D eigenvalue weighted by Gasteiger charge is 2.37. The van der Waals surface area contributed by atoms with Gasteiger partial charge in [-0.2, -0.15) is 0 Å². The highest BCUT2D eigenvalue weighted by Crippen LogP contribution is 2.47. The molecule has 2 aliphatic carbocycles. The van der Waals surface area contributed by atoms with Crippen molar-refractivity contribution in [1.29, 1.82) is 0 Å². The minimum atomic E-state index is -0.270. The molecule has 0 bridgehead atoms. The van der Waals surface area contributed by atoms with E-state index >= 15 is 0 Å². The van der Waals surface area contributed by atoms with E-state index in [-0.39, 0.29) is 16.9 Å². The Morgan fingerprint density at radius 1 is 1.05 bits per heavy atom. The first-order valence-corrected chi connectivity index (χ1v) is 8.13. The molecule has 0 radical (unpaired) electrons. The first-order chi connectivity index (χ1) is 9.29. The fraction of sp³-hybridized carbons (Fsp3) is 0.684. The van der Waals surface area contributed by atoms with Gasteiger partial charge in [-0.15, -0.1) is 0 Å². The van der Waals surface area contributed by atoms with Crippen LogP contribution in [0, 0.1) is 5.92 Å². The number of fused-ring (bicyclic) bond motifs is 1. The maximum atomic E-state index is 10.4. The molecule has 0 aliphatic heterocycles. The molecule has 0 spiro atoms. The van der Waals surface area contributed by atoms with Crippen molar-refractivity contribution < 1.29 is 5.11 Å². The van der Waals surface area contributed by atoms with Crippen LogP contribution < -0.4 is 0 Å². The minimum absolute atomic E-state index is 0.236. The molecule has 20 heavy (non-hydrogen) atoms. The van der Waals surface area contributed by atoms with E-state index in [1.807, 2.05) is 0 Å². The molecule has 1 aromatic rings. The molecule has 0 heterocycles. The largest absolute Gasteiger partial charge is 0.388 e. The van der Waals surface area contributed by atoms with Crippen LogP contribution in [0.2, 0.25) is 0 Å². The first-order valence-electron chi connectivity index (χ1n) is 8.13. The quantitative estimate of drug-likeness (QED) is 0.832. The van der Waals surface area contributed by atoms with Gasteiger partial charge in [0.1, 0.15) is 0 Å². The second kappa shape index (κ2) is 4.59. The summed E-state index contributed by atoms with van der Waals surface area (Å²) < 4.78 is 0. The van der Waals surface area contributed by atoms with E-state index in [1.54, 1.807) is 0 Å². The lowest BCUT2D eigenvalue weighted by Gasteiger charge is -2.42. The third kappa shape index (κ3) is 2.53. The standard InChI is InChI=1S/C19H28O/c1-18(2)9-10-19(3,4)16-12-14(7-8-15(16)18)17(20)11-13-5-6-13/h7-8,12-13,17,20H,5-6,9-11H2,1-4H3. The van der Waals surface area contributed by atoms with Crippen molar-refractivity contribution in [3.8, 4) is 0 Å². The molecule has 1 nitrogen and oxygen atoms in total. The number of benzene rings is 1. The molecule has 1 N–H and O–H groups in total. The molecule has 0 saturated heterocycles. The first kappa shape index (κ1) is 14.1. The van der Waals surface area contributed by atoms with Gasteiger partial charge in [0.15, 0.2) is 0 Å². The second-order valence-electron chi connectivity index (χ2n) is 8.27. The van der Waals surface area contributed by atoms with Crippen molar-refractivity contribution in [2.24, 2.45) is 5.92 Å². The third-order valence-corrected chi connectivity index (χ3v) is 5.52. The second-order valence-corrected chi connectivity index (χ2v) is 8.27. The summed E-state index contributed by atoms with van der Waals surface area (Å²) in [6.07, 6.45) is 5.77. The molecule has 1 fully saturated rings. The van der Waals surface area contributed by atoms with Gasteiger partial charge in [-0.25, -0.2) is 0 Å². The van der Waals surface area contributed by atoms with E-state index in [2.05, 4.69) is 45.9 Å². The fourth-order valence-corrected chi connectivity index (χ4v) is 3.62. The van der Waals surface area contributed by atoms with Gasteiger partial charge >= 0.3 is 0 Å². The summed E-state index contributed by atoms with van der Waals surface area (Å²) >= 11 is 0. The molecule has 1 saturated carbocycles. The minimum Gasteiger partial charge on any atom is -0.388 e. The van der Waals surface area contributed by atoms with E-state index < -0.39 is 0 Å². The Hall–Kier alpha value is -0.820. The highest BCUT2D eigenvalue weighted by molar-refractivity contribution is 5.44. The topological polar surface area (TPSA) is 20.2 Å².